The molecular formula is C41H24N2O2. The molecule has 0 radical (unpaired) electrons. The first kappa shape index (κ1) is 24.4. The van der Waals surface area contributed by atoms with Gasteiger partial charge in [0.2, 0.25) is 0 Å². The zero-order valence-corrected chi connectivity index (χ0v) is 24.3. The molecule has 0 aliphatic carbocycles. The lowest BCUT2D eigenvalue weighted by Gasteiger charge is -2.11. The van der Waals surface area contributed by atoms with Crippen LogP contribution in [0, 0.1) is 6.92 Å². The third-order valence-electron chi connectivity index (χ3n) is 9.13. The molecule has 10 rings (SSSR count). The lowest BCUT2D eigenvalue weighted by Crippen LogP contribution is -1.92. The van der Waals surface area contributed by atoms with Crippen molar-refractivity contribution < 1.29 is 8.83 Å². The molecule has 4 nitrogen and oxygen atoms in total. The monoisotopic (exact) mass is 576 g/mol. The van der Waals surface area contributed by atoms with Crippen molar-refractivity contribution in [2.24, 2.45) is 0 Å². The van der Waals surface area contributed by atoms with E-state index in [9.17, 15) is 0 Å². The summed E-state index contributed by atoms with van der Waals surface area (Å²) in [7, 11) is 0. The largest absolute Gasteiger partial charge is 0.455 e. The number of benzene rings is 7. The topological polar surface area (TPSA) is 52.1 Å². The van der Waals surface area contributed by atoms with Crippen LogP contribution in [0.5, 0.6) is 0 Å². The van der Waals surface area contributed by atoms with Crippen LogP contribution in [0.1, 0.15) is 5.56 Å². The summed E-state index contributed by atoms with van der Waals surface area (Å²) >= 11 is 0. The Morgan fingerprint density at radius 1 is 0.489 bits per heavy atom. The molecule has 7 aromatic carbocycles. The fourth-order valence-electron chi connectivity index (χ4n) is 7.05. The molecule has 0 fully saturated rings. The Bertz CT molecular complexity index is 2800. The maximum absolute atomic E-state index is 6.60. The first-order valence-corrected chi connectivity index (χ1v) is 15.2. The van der Waals surface area contributed by atoms with Crippen molar-refractivity contribution in [1.29, 1.82) is 0 Å². The first-order chi connectivity index (χ1) is 22.2. The van der Waals surface area contributed by atoms with Crippen molar-refractivity contribution in [2.45, 2.75) is 6.92 Å². The van der Waals surface area contributed by atoms with Crippen LogP contribution in [-0.4, -0.2) is 9.97 Å². The maximum atomic E-state index is 6.60. The molecule has 0 saturated carbocycles. The summed E-state index contributed by atoms with van der Waals surface area (Å²) in [6, 6.07) is 42.2. The number of hydrogen-bond acceptors (Lipinski definition) is 4. The van der Waals surface area contributed by atoms with Crippen molar-refractivity contribution in [2.75, 3.05) is 0 Å². The number of furan rings is 2. The van der Waals surface area contributed by atoms with E-state index in [0.29, 0.717) is 0 Å². The van der Waals surface area contributed by atoms with Gasteiger partial charge in [-0.2, -0.15) is 0 Å². The molecule has 0 aliphatic heterocycles. The number of fused-ring (bicyclic) bond motifs is 13. The van der Waals surface area contributed by atoms with Crippen LogP contribution in [-0.2, 0) is 0 Å². The van der Waals surface area contributed by atoms with E-state index in [-0.39, 0.29) is 0 Å². The smallest absolute Gasteiger partial charge is 0.147 e. The first-order valence-electron chi connectivity index (χ1n) is 15.2. The summed E-state index contributed by atoms with van der Waals surface area (Å²) in [6.45, 7) is 2.11. The molecular weight excluding hydrogens is 552 g/mol. The second-order valence-corrected chi connectivity index (χ2v) is 11.8. The van der Waals surface area contributed by atoms with Crippen LogP contribution < -0.4 is 0 Å². The second kappa shape index (κ2) is 9.01. The van der Waals surface area contributed by atoms with Crippen molar-refractivity contribution >= 4 is 76.5 Å². The molecule has 45 heavy (non-hydrogen) atoms. The second-order valence-electron chi connectivity index (χ2n) is 11.8. The normalized spacial score (nSPS) is 12.1. The molecule has 0 spiro atoms. The third kappa shape index (κ3) is 3.48. The van der Waals surface area contributed by atoms with Crippen LogP contribution in [0.25, 0.3) is 98.8 Å². The fourth-order valence-corrected chi connectivity index (χ4v) is 7.05. The van der Waals surface area contributed by atoms with E-state index in [0.717, 1.165) is 88.1 Å². The van der Waals surface area contributed by atoms with Gasteiger partial charge in [-0.05, 0) is 53.6 Å². The minimum atomic E-state index is 0.821. The van der Waals surface area contributed by atoms with Crippen LogP contribution in [0.15, 0.2) is 136 Å². The molecule has 0 unspecified atom stereocenters. The number of aryl methyl sites for hydroxylation is 1. The highest BCUT2D eigenvalue weighted by atomic mass is 16.3. The van der Waals surface area contributed by atoms with E-state index >= 15 is 0 Å². The van der Waals surface area contributed by atoms with Crippen molar-refractivity contribution in [3.05, 3.63) is 133 Å². The molecule has 0 amide bonds. The summed E-state index contributed by atoms with van der Waals surface area (Å²) in [5.41, 5.74) is 10.3. The van der Waals surface area contributed by atoms with Crippen LogP contribution in [0.3, 0.4) is 0 Å². The molecule has 4 heteroatoms. The standard InChI is InChI=1S/C41H24N2O2/c1-23-17-18-36-33(19-23)37-40(45-36)31(21-32-28-13-6-7-16-35(28)44-41(32)37)24-9-8-10-25(20-24)34-22-42-38-29-14-4-2-11-26(29)27-12-3-5-15-30(27)39(38)43-34/h2-22H,1H3. The van der Waals surface area contributed by atoms with Crippen molar-refractivity contribution in [3.8, 4) is 22.4 Å². The average Bonchev–Trinajstić information content (AvgIpc) is 3.66. The summed E-state index contributed by atoms with van der Waals surface area (Å²) in [5.74, 6) is 0. The van der Waals surface area contributed by atoms with Crippen LogP contribution in [0.4, 0.5) is 0 Å². The van der Waals surface area contributed by atoms with Gasteiger partial charge in [-0.15, -0.1) is 0 Å². The van der Waals surface area contributed by atoms with Gasteiger partial charge in [0.25, 0.3) is 0 Å². The molecule has 0 aliphatic rings. The zero-order chi connectivity index (χ0) is 29.6. The van der Waals surface area contributed by atoms with Gasteiger partial charge in [-0.3, -0.25) is 4.98 Å². The van der Waals surface area contributed by atoms with Gasteiger partial charge in [0, 0.05) is 38.1 Å². The lowest BCUT2D eigenvalue weighted by atomic mass is 9.96. The number of aromatic nitrogens is 2. The van der Waals surface area contributed by atoms with E-state index in [2.05, 4.69) is 116 Å². The molecule has 0 atom stereocenters. The lowest BCUT2D eigenvalue weighted by molar-refractivity contribution is 0.663. The Hall–Kier alpha value is -6.00. The highest BCUT2D eigenvalue weighted by molar-refractivity contribution is 6.26. The summed E-state index contributed by atoms with van der Waals surface area (Å²) in [5, 5.41) is 8.83. The third-order valence-corrected chi connectivity index (χ3v) is 9.13. The van der Waals surface area contributed by atoms with Gasteiger partial charge < -0.3 is 8.83 Å². The van der Waals surface area contributed by atoms with E-state index in [1.807, 2.05) is 18.3 Å². The Morgan fingerprint density at radius 3 is 1.98 bits per heavy atom. The van der Waals surface area contributed by atoms with Crippen LogP contribution >= 0.6 is 0 Å². The molecule has 0 N–H and O–H groups in total. The maximum Gasteiger partial charge on any atom is 0.147 e. The number of para-hydroxylation sites is 1. The SMILES string of the molecule is Cc1ccc2oc3c(-c4cccc(-c5cnc6c7ccccc7c7ccccc7c6n5)c4)cc4c5ccccc5oc4c3c2c1. The number of nitrogens with zero attached hydrogens (tertiary/aromatic N) is 2. The predicted octanol–water partition coefficient (Wildman–Crippen LogP) is 11.4. The van der Waals surface area contributed by atoms with Gasteiger partial charge in [-0.1, -0.05) is 96.6 Å². The summed E-state index contributed by atoms with van der Waals surface area (Å²) in [6.07, 6.45) is 1.90. The molecule has 210 valence electrons. The van der Waals surface area contributed by atoms with Crippen molar-refractivity contribution in [3.63, 3.8) is 0 Å². The molecule has 10 aromatic rings. The average molecular weight is 577 g/mol. The minimum Gasteiger partial charge on any atom is -0.455 e. The fraction of sp³-hybridized carbons (Fsp3) is 0.0244. The highest BCUT2D eigenvalue weighted by Crippen LogP contribution is 2.45. The van der Waals surface area contributed by atoms with Gasteiger partial charge in [-0.25, -0.2) is 4.98 Å². The van der Waals surface area contributed by atoms with Gasteiger partial charge in [0.15, 0.2) is 0 Å². The van der Waals surface area contributed by atoms with Gasteiger partial charge in [0.1, 0.15) is 22.3 Å². The van der Waals surface area contributed by atoms with E-state index in [4.69, 9.17) is 18.8 Å². The quantitative estimate of drug-likeness (QED) is 0.192. The highest BCUT2D eigenvalue weighted by Gasteiger charge is 2.21. The van der Waals surface area contributed by atoms with E-state index in [1.165, 1.54) is 16.3 Å². The molecule has 0 saturated heterocycles. The van der Waals surface area contributed by atoms with Gasteiger partial charge in [0.05, 0.1) is 28.3 Å². The van der Waals surface area contributed by atoms with Gasteiger partial charge >= 0.3 is 0 Å². The van der Waals surface area contributed by atoms with E-state index in [1.54, 1.807) is 0 Å². The Labute approximate surface area is 257 Å². The number of rotatable bonds is 2. The van der Waals surface area contributed by atoms with Crippen molar-refractivity contribution in [1.82, 2.24) is 9.97 Å². The molecule has 3 aromatic heterocycles. The Kier molecular flexibility index (Phi) is 4.89. The predicted molar refractivity (Wildman–Crippen MR) is 185 cm³/mol. The Morgan fingerprint density at radius 2 is 1.16 bits per heavy atom. The number of hydrogen-bond donors (Lipinski definition) is 0. The van der Waals surface area contributed by atoms with Crippen LogP contribution in [0.2, 0.25) is 0 Å². The molecule has 3 heterocycles. The summed E-state index contributed by atoms with van der Waals surface area (Å²) in [4.78, 5) is 10.2. The summed E-state index contributed by atoms with van der Waals surface area (Å²) < 4.78 is 13.1. The molecule has 0 bridgehead atoms. The zero-order valence-electron chi connectivity index (χ0n) is 24.3. The minimum absolute atomic E-state index is 0.821. The Balaban J connectivity index is 1.24. The van der Waals surface area contributed by atoms with E-state index < -0.39 is 0 Å².